The van der Waals surface area contributed by atoms with Crippen LogP contribution in [0, 0.1) is 5.41 Å². The van der Waals surface area contributed by atoms with Gasteiger partial charge in [-0.25, -0.2) is 0 Å². The number of fused-ring (bicyclic) bond motifs is 1. The second kappa shape index (κ2) is 10.3. The Morgan fingerprint density at radius 2 is 1.06 bits per heavy atom. The van der Waals surface area contributed by atoms with Crippen molar-refractivity contribution in [3.63, 3.8) is 0 Å². The maximum atomic E-state index is 2.45. The molecule has 0 saturated carbocycles. The number of halogens is 3. The van der Waals surface area contributed by atoms with Crippen LogP contribution in [-0.4, -0.2) is 0 Å². The van der Waals surface area contributed by atoms with Crippen molar-refractivity contribution < 1.29 is 57.7 Å². The van der Waals surface area contributed by atoms with E-state index >= 15 is 0 Å². The third kappa shape index (κ3) is 4.07. The zero-order chi connectivity index (χ0) is 20.0. The van der Waals surface area contributed by atoms with Gasteiger partial charge in [-0.05, 0) is 0 Å². The molecule has 1 aliphatic carbocycles. The van der Waals surface area contributed by atoms with Crippen LogP contribution in [0.25, 0.3) is 6.08 Å². The van der Waals surface area contributed by atoms with Crippen molar-refractivity contribution in [1.82, 2.24) is 0 Å². The van der Waals surface area contributed by atoms with Gasteiger partial charge in [0.2, 0.25) is 0 Å². The van der Waals surface area contributed by atoms with Crippen LogP contribution in [0.4, 0.5) is 0 Å². The summed E-state index contributed by atoms with van der Waals surface area (Å²) >= 11 is 2.45. The van der Waals surface area contributed by atoms with Crippen molar-refractivity contribution in [3.8, 4) is 0 Å². The monoisotopic (exact) mass is 504 g/mol. The summed E-state index contributed by atoms with van der Waals surface area (Å²) < 4.78 is -0.148. The van der Waals surface area contributed by atoms with Gasteiger partial charge in [0.1, 0.15) is 0 Å². The third-order valence-electron chi connectivity index (χ3n) is 6.43. The first-order valence-corrected chi connectivity index (χ1v) is 10.8. The van der Waals surface area contributed by atoms with Crippen molar-refractivity contribution in [2.45, 2.75) is 36.8 Å². The SMILES string of the molecule is CC1=Cc2ccccc2[C]1([Ti+3])C(c1ccccc1)(c1ccccc1)C(C)(C)C.[Cl-].[Cl-].[Cl-]. The summed E-state index contributed by atoms with van der Waals surface area (Å²) in [6.07, 6.45) is 2.39. The van der Waals surface area contributed by atoms with Gasteiger partial charge in [-0.15, -0.1) is 0 Å². The second-order valence-electron chi connectivity index (χ2n) is 8.90. The van der Waals surface area contributed by atoms with Gasteiger partial charge in [0.15, 0.2) is 0 Å². The van der Waals surface area contributed by atoms with Gasteiger partial charge in [0.25, 0.3) is 0 Å². The summed E-state index contributed by atoms with van der Waals surface area (Å²) in [5, 5.41) is 0. The van der Waals surface area contributed by atoms with E-state index in [1.807, 2.05) is 0 Å². The van der Waals surface area contributed by atoms with Gasteiger partial charge in [0, 0.05) is 0 Å². The van der Waals surface area contributed by atoms with Crippen LogP contribution in [0.3, 0.4) is 0 Å². The first kappa shape index (κ1) is 28.0. The smallest absolute Gasteiger partial charge is 1.00 e. The minimum Gasteiger partial charge on any atom is -1.00 e. The fraction of sp³-hybridized carbons (Fsp3) is 0.259. The zero-order valence-corrected chi connectivity index (χ0v) is 22.1. The molecule has 160 valence electrons. The van der Waals surface area contributed by atoms with Crippen LogP contribution in [0.2, 0.25) is 0 Å². The summed E-state index contributed by atoms with van der Waals surface area (Å²) in [6.45, 7) is 9.50. The van der Waals surface area contributed by atoms with E-state index in [-0.39, 0.29) is 51.8 Å². The Hall–Kier alpha value is -1.02. The average molecular weight is 506 g/mol. The molecular weight excluding hydrogens is 479 g/mol. The molecule has 3 aromatic rings. The van der Waals surface area contributed by atoms with Gasteiger partial charge in [-0.1, -0.05) is 0 Å². The molecule has 31 heavy (non-hydrogen) atoms. The molecular formula is C27H27Cl3Ti. The number of hydrogen-bond donors (Lipinski definition) is 0. The molecule has 0 nitrogen and oxygen atoms in total. The Labute approximate surface area is 217 Å². The minimum absolute atomic E-state index is 0. The molecule has 0 bridgehead atoms. The average Bonchev–Trinajstić information content (AvgIpc) is 2.94. The van der Waals surface area contributed by atoms with E-state index in [1.165, 1.54) is 27.8 Å². The van der Waals surface area contributed by atoms with Gasteiger partial charge >= 0.3 is 182 Å². The molecule has 1 aliphatic rings. The van der Waals surface area contributed by atoms with Gasteiger partial charge < -0.3 is 37.2 Å². The molecule has 1 atom stereocenters. The third-order valence-corrected chi connectivity index (χ3v) is 8.05. The molecule has 0 aliphatic heterocycles. The second-order valence-corrected chi connectivity index (χ2v) is 10.1. The summed E-state index contributed by atoms with van der Waals surface area (Å²) in [5.41, 5.74) is 6.72. The van der Waals surface area contributed by atoms with E-state index < -0.39 is 0 Å². The Bertz CT molecular complexity index is 984. The van der Waals surface area contributed by atoms with E-state index in [1.54, 1.807) is 0 Å². The molecule has 0 fully saturated rings. The fourth-order valence-electron chi connectivity index (χ4n) is 5.42. The molecule has 1 unspecified atom stereocenters. The molecule has 3 aromatic carbocycles. The Morgan fingerprint density at radius 1 is 0.645 bits per heavy atom. The molecule has 0 aromatic heterocycles. The number of rotatable bonds is 3. The fourth-order valence-corrected chi connectivity index (χ4v) is 6.93. The van der Waals surface area contributed by atoms with Crippen molar-refractivity contribution in [2.24, 2.45) is 5.41 Å². The molecule has 0 heterocycles. The first-order chi connectivity index (χ1) is 13.3. The summed E-state index contributed by atoms with van der Waals surface area (Å²) in [7, 11) is 0. The van der Waals surface area contributed by atoms with Crippen molar-refractivity contribution in [1.29, 1.82) is 0 Å². The van der Waals surface area contributed by atoms with Gasteiger partial charge in [-0.2, -0.15) is 0 Å². The summed E-state index contributed by atoms with van der Waals surface area (Å²) in [6, 6.07) is 31.2. The number of hydrogen-bond acceptors (Lipinski definition) is 0. The van der Waals surface area contributed by atoms with E-state index in [2.05, 4.69) is 139 Å². The molecule has 4 heteroatoms. The van der Waals surface area contributed by atoms with Crippen molar-refractivity contribution in [3.05, 3.63) is 113 Å². The normalized spacial score (nSPS) is 17.4. The van der Waals surface area contributed by atoms with Crippen LogP contribution >= 0.6 is 0 Å². The molecule has 0 N–H and O–H groups in total. The van der Waals surface area contributed by atoms with Gasteiger partial charge in [0.05, 0.1) is 0 Å². The van der Waals surface area contributed by atoms with Gasteiger partial charge in [-0.3, -0.25) is 0 Å². The molecule has 0 radical (unpaired) electrons. The van der Waals surface area contributed by atoms with Crippen LogP contribution in [0.1, 0.15) is 49.9 Å². The first-order valence-electron chi connectivity index (χ1n) is 9.98. The predicted molar refractivity (Wildman–Crippen MR) is 115 cm³/mol. The topological polar surface area (TPSA) is 0 Å². The Kier molecular flexibility index (Phi) is 9.29. The maximum absolute atomic E-state index is 2.45. The maximum Gasteiger partial charge on any atom is -1.00 e. The molecule has 0 spiro atoms. The van der Waals surface area contributed by atoms with Crippen LogP contribution in [-0.2, 0) is 29.6 Å². The minimum atomic E-state index is -0.213. The van der Waals surface area contributed by atoms with Crippen LogP contribution in [0.15, 0.2) is 90.5 Å². The molecule has 0 saturated heterocycles. The summed E-state index contributed by atoms with van der Waals surface area (Å²) in [5.74, 6) is 0. The van der Waals surface area contributed by atoms with E-state index in [0.29, 0.717) is 0 Å². The number of benzene rings is 3. The van der Waals surface area contributed by atoms with E-state index in [4.69, 9.17) is 0 Å². The largest absolute Gasteiger partial charge is 1.00 e. The van der Waals surface area contributed by atoms with E-state index in [9.17, 15) is 0 Å². The zero-order valence-electron chi connectivity index (χ0n) is 18.3. The van der Waals surface area contributed by atoms with Crippen LogP contribution in [0.5, 0.6) is 0 Å². The summed E-state index contributed by atoms with van der Waals surface area (Å²) in [4.78, 5) is 0. The quantitative estimate of drug-likeness (QED) is 0.358. The van der Waals surface area contributed by atoms with Crippen molar-refractivity contribution >= 4 is 6.08 Å². The molecule has 4 rings (SSSR count). The standard InChI is InChI=1S/C27H27.3ClH.Ti/c1-20-19-21-13-11-12-18-24(21)25(20)27(26(2,3)4,22-14-7-5-8-15-22)23-16-9-6-10-17-23;;;;/h5-19H,1-4H3;3*1H;/q;;;;+3/p-3. The molecule has 0 amide bonds. The van der Waals surface area contributed by atoms with Crippen molar-refractivity contribution in [2.75, 3.05) is 0 Å². The Morgan fingerprint density at radius 3 is 1.52 bits per heavy atom. The van der Waals surface area contributed by atoms with Crippen LogP contribution < -0.4 is 37.2 Å². The Balaban J connectivity index is 0.00000160. The predicted octanol–water partition coefficient (Wildman–Crippen LogP) is -2.11. The van der Waals surface area contributed by atoms with E-state index in [0.717, 1.165) is 0 Å². The number of allylic oxidation sites excluding steroid dienone is 1.